The minimum Gasteiger partial charge on any atom is -0.386 e. The van der Waals surface area contributed by atoms with Gasteiger partial charge in [0.2, 0.25) is 0 Å². The summed E-state index contributed by atoms with van der Waals surface area (Å²) < 4.78 is 3.95. The van der Waals surface area contributed by atoms with Gasteiger partial charge < -0.3 is 24.5 Å². The summed E-state index contributed by atoms with van der Waals surface area (Å²) in [5.41, 5.74) is 2.16. The average molecular weight is 520 g/mol. The minimum atomic E-state index is -0.740. The van der Waals surface area contributed by atoms with E-state index in [1.807, 2.05) is 33.4 Å². The third-order valence-corrected chi connectivity index (χ3v) is 7.43. The summed E-state index contributed by atoms with van der Waals surface area (Å²) in [6, 6.07) is 2.15. The summed E-state index contributed by atoms with van der Waals surface area (Å²) >= 11 is 1.42. The lowest BCUT2D eigenvalue weighted by Gasteiger charge is -2.46. The number of imidazole rings is 1. The largest absolute Gasteiger partial charge is 0.386 e. The summed E-state index contributed by atoms with van der Waals surface area (Å²) in [5.74, 6) is 0.970. The van der Waals surface area contributed by atoms with Crippen LogP contribution in [0.2, 0.25) is 0 Å². The van der Waals surface area contributed by atoms with Crippen molar-refractivity contribution in [3.8, 4) is 5.69 Å². The van der Waals surface area contributed by atoms with Crippen molar-refractivity contribution in [2.45, 2.75) is 50.2 Å². The number of anilines is 1. The van der Waals surface area contributed by atoms with Gasteiger partial charge in [-0.05, 0) is 44.9 Å². The first-order valence-corrected chi connectivity index (χ1v) is 13.6. The maximum Gasteiger partial charge on any atom is 0.275 e. The van der Waals surface area contributed by atoms with Gasteiger partial charge in [-0.1, -0.05) is 6.58 Å². The highest BCUT2D eigenvalue weighted by molar-refractivity contribution is 8.13. The lowest BCUT2D eigenvalue weighted by molar-refractivity contribution is 0.0310. The highest BCUT2D eigenvalue weighted by Crippen LogP contribution is 2.40. The van der Waals surface area contributed by atoms with Crippen LogP contribution in [0.3, 0.4) is 0 Å². The molecule has 3 aliphatic rings. The maximum absolute atomic E-state index is 13.1. The molecule has 3 fully saturated rings. The third-order valence-electron chi connectivity index (χ3n) is 6.77. The zero-order chi connectivity index (χ0) is 25.7. The molecule has 6 rings (SSSR count). The van der Waals surface area contributed by atoms with Gasteiger partial charge >= 0.3 is 0 Å². The Morgan fingerprint density at radius 1 is 1.22 bits per heavy atom. The molecule has 1 saturated heterocycles. The second kappa shape index (κ2) is 9.10. The molecule has 0 aromatic carbocycles. The Labute approximate surface area is 218 Å². The van der Waals surface area contributed by atoms with Crippen LogP contribution in [0, 0.1) is 0 Å². The van der Waals surface area contributed by atoms with Gasteiger partial charge in [0.25, 0.3) is 5.91 Å². The lowest BCUT2D eigenvalue weighted by Crippen LogP contribution is -2.60. The summed E-state index contributed by atoms with van der Waals surface area (Å²) in [7, 11) is 0. The first-order chi connectivity index (χ1) is 17.8. The number of aliphatic imine (C=N–C) groups is 1. The van der Waals surface area contributed by atoms with Gasteiger partial charge in [-0.15, -0.1) is 22.0 Å². The van der Waals surface area contributed by atoms with Crippen LogP contribution in [0.5, 0.6) is 0 Å². The number of thioether (sulfide) groups is 1. The molecule has 2 N–H and O–H groups in total. The molecule has 192 valence electrons. The standard InChI is InChI=1S/C25H29N9O2S/c1-15(30-24(37-3)22-31-28-14-34(22)17-6-7-17)29-23(35)18-8-20(32-10-19(27-13-32)16-4-5-16)21(9-26-18)33-11-25(2,36)12-33/h8-10,13-14,16-17,36H,1,4-7,11-12H2,2-3H3,(H,29,35). The van der Waals surface area contributed by atoms with Crippen LogP contribution in [0.25, 0.3) is 5.69 Å². The number of carbonyl (C=O) groups is 1. The van der Waals surface area contributed by atoms with E-state index in [9.17, 15) is 9.90 Å². The number of nitrogens with zero attached hydrogens (tertiary/aromatic N) is 8. The molecule has 0 bridgehead atoms. The molecule has 12 heteroatoms. The van der Waals surface area contributed by atoms with Crippen LogP contribution in [0.1, 0.15) is 66.6 Å². The normalized spacial score (nSPS) is 19.0. The smallest absolute Gasteiger partial charge is 0.275 e. The fourth-order valence-electron chi connectivity index (χ4n) is 4.57. The van der Waals surface area contributed by atoms with Crippen LogP contribution in [-0.2, 0) is 0 Å². The Morgan fingerprint density at radius 3 is 2.68 bits per heavy atom. The molecule has 0 spiro atoms. The van der Waals surface area contributed by atoms with Gasteiger partial charge in [0.15, 0.2) is 5.82 Å². The number of carbonyl (C=O) groups excluding carboxylic acids is 1. The molecule has 3 aromatic rings. The molecule has 11 nitrogen and oxygen atoms in total. The van der Waals surface area contributed by atoms with E-state index in [0.717, 1.165) is 42.8 Å². The molecular weight excluding hydrogens is 490 g/mol. The van der Waals surface area contributed by atoms with Crippen molar-refractivity contribution < 1.29 is 9.90 Å². The van der Waals surface area contributed by atoms with Gasteiger partial charge in [0.05, 0.1) is 35.2 Å². The van der Waals surface area contributed by atoms with Crippen LogP contribution >= 0.6 is 11.8 Å². The van der Waals surface area contributed by atoms with Gasteiger partial charge in [-0.25, -0.2) is 15.0 Å². The van der Waals surface area contributed by atoms with Crippen molar-refractivity contribution in [3.63, 3.8) is 0 Å². The predicted octanol–water partition coefficient (Wildman–Crippen LogP) is 2.65. The predicted molar refractivity (Wildman–Crippen MR) is 141 cm³/mol. The van der Waals surface area contributed by atoms with E-state index in [1.165, 1.54) is 11.8 Å². The molecule has 0 atom stereocenters. The summed E-state index contributed by atoms with van der Waals surface area (Å²) in [6.07, 6.45) is 13.6. The van der Waals surface area contributed by atoms with Crippen LogP contribution in [-0.4, -0.2) is 70.3 Å². The Balaban J connectivity index is 1.24. The first kappa shape index (κ1) is 23.9. The third kappa shape index (κ3) is 4.90. The van der Waals surface area contributed by atoms with E-state index < -0.39 is 11.5 Å². The van der Waals surface area contributed by atoms with Crippen molar-refractivity contribution in [1.29, 1.82) is 0 Å². The zero-order valence-electron chi connectivity index (χ0n) is 20.8. The molecule has 0 unspecified atom stereocenters. The topological polar surface area (TPSA) is 126 Å². The van der Waals surface area contributed by atoms with E-state index in [-0.39, 0.29) is 11.5 Å². The Morgan fingerprint density at radius 2 is 2.00 bits per heavy atom. The summed E-state index contributed by atoms with van der Waals surface area (Å²) in [5, 5.41) is 21.9. The monoisotopic (exact) mass is 519 g/mol. The summed E-state index contributed by atoms with van der Waals surface area (Å²) in [6.45, 7) is 6.73. The highest BCUT2D eigenvalue weighted by Gasteiger charge is 2.38. The van der Waals surface area contributed by atoms with Crippen LogP contribution in [0.15, 0.2) is 48.5 Å². The molecule has 3 aromatic heterocycles. The number of rotatable bonds is 8. The Hall–Kier alpha value is -3.51. The van der Waals surface area contributed by atoms with E-state index in [1.54, 1.807) is 24.9 Å². The van der Waals surface area contributed by atoms with E-state index in [4.69, 9.17) is 0 Å². The molecule has 2 aliphatic carbocycles. The van der Waals surface area contributed by atoms with Gasteiger partial charge in [-0.3, -0.25) is 4.79 Å². The number of β-amino-alcohol motifs (C(OH)–C–C–N with tert-alkyl or cyclic N) is 1. The fraction of sp³-hybridized carbons (Fsp3) is 0.440. The number of hydrogen-bond acceptors (Lipinski definition) is 9. The van der Waals surface area contributed by atoms with Gasteiger partial charge in [-0.2, -0.15) is 0 Å². The van der Waals surface area contributed by atoms with Crippen LogP contribution < -0.4 is 10.2 Å². The van der Waals surface area contributed by atoms with Crippen molar-refractivity contribution in [2.75, 3.05) is 24.2 Å². The summed E-state index contributed by atoms with van der Waals surface area (Å²) in [4.78, 5) is 28.7. The van der Waals surface area contributed by atoms with Crippen molar-refractivity contribution in [3.05, 3.63) is 60.7 Å². The number of pyridine rings is 1. The molecular formula is C25H29N9O2S. The number of nitrogens with one attached hydrogen (secondary N) is 1. The number of hydrogen-bond donors (Lipinski definition) is 2. The average Bonchev–Trinajstić information content (AvgIpc) is 3.80. The minimum absolute atomic E-state index is 0.199. The number of amides is 1. The molecule has 4 heterocycles. The van der Waals surface area contributed by atoms with E-state index in [0.29, 0.717) is 35.9 Å². The van der Waals surface area contributed by atoms with Gasteiger partial charge in [0.1, 0.15) is 22.9 Å². The lowest BCUT2D eigenvalue weighted by atomic mass is 9.96. The molecule has 0 radical (unpaired) electrons. The van der Waals surface area contributed by atoms with Crippen molar-refractivity contribution in [2.24, 2.45) is 4.99 Å². The van der Waals surface area contributed by atoms with Crippen LogP contribution in [0.4, 0.5) is 5.69 Å². The van der Waals surface area contributed by atoms with E-state index in [2.05, 4.69) is 37.1 Å². The maximum atomic E-state index is 13.1. The second-order valence-electron chi connectivity index (χ2n) is 10.2. The zero-order valence-corrected chi connectivity index (χ0v) is 21.6. The van der Waals surface area contributed by atoms with E-state index >= 15 is 0 Å². The number of aromatic nitrogens is 6. The van der Waals surface area contributed by atoms with Gasteiger partial charge in [0, 0.05) is 31.2 Å². The molecule has 1 amide bonds. The fourth-order valence-corrected chi connectivity index (χ4v) is 5.10. The number of aliphatic hydroxyl groups is 1. The quantitative estimate of drug-likeness (QED) is 0.344. The second-order valence-corrected chi connectivity index (χ2v) is 11.0. The molecule has 1 aliphatic heterocycles. The Bertz CT molecular complexity index is 1390. The Kier molecular flexibility index (Phi) is 5.87. The molecule has 2 saturated carbocycles. The highest BCUT2D eigenvalue weighted by atomic mass is 32.2. The van der Waals surface area contributed by atoms with Crippen molar-refractivity contribution >= 4 is 28.4 Å². The SMILES string of the molecule is C=C(N=C(SC)c1nncn1C1CC1)NC(=O)c1cc(-n2cnc(C3CC3)c2)c(N2CC(C)(O)C2)cn1. The molecule has 37 heavy (non-hydrogen) atoms. The first-order valence-electron chi connectivity index (χ1n) is 12.4. The van der Waals surface area contributed by atoms with Crippen molar-refractivity contribution in [1.82, 2.24) is 34.6 Å².